The molecule has 0 bridgehead atoms. The zero-order valence-electron chi connectivity index (χ0n) is 12.3. The molecule has 0 radical (unpaired) electrons. The van der Waals surface area contributed by atoms with Crippen LogP contribution in [0.1, 0.15) is 16.7 Å². The molecule has 0 aliphatic rings. The fourth-order valence-corrected chi connectivity index (χ4v) is 3.58. The minimum atomic E-state index is 0.737. The Morgan fingerprint density at radius 2 is 1.81 bits per heavy atom. The van der Waals surface area contributed by atoms with Crippen LogP contribution in [0.15, 0.2) is 53.6 Å². The van der Waals surface area contributed by atoms with Crippen LogP contribution in [0.3, 0.4) is 0 Å². The van der Waals surface area contributed by atoms with E-state index in [9.17, 15) is 0 Å². The van der Waals surface area contributed by atoms with E-state index in [-0.39, 0.29) is 0 Å². The van der Waals surface area contributed by atoms with Crippen LogP contribution in [0.2, 0.25) is 0 Å². The lowest BCUT2D eigenvalue weighted by atomic mass is 10.1. The molecule has 0 fully saturated rings. The van der Waals surface area contributed by atoms with Crippen LogP contribution in [0, 0.1) is 13.8 Å². The van der Waals surface area contributed by atoms with E-state index in [2.05, 4.69) is 49.2 Å². The molecular weight excluding hydrogens is 276 g/mol. The van der Waals surface area contributed by atoms with Gasteiger partial charge in [0, 0.05) is 22.2 Å². The lowest BCUT2D eigenvalue weighted by molar-refractivity contribution is 1.30. The first-order chi connectivity index (χ1) is 10.1. The molecule has 2 N–H and O–H groups in total. The van der Waals surface area contributed by atoms with E-state index in [1.807, 2.05) is 23.9 Å². The maximum atomic E-state index is 6.00. The molecule has 2 nitrogen and oxygen atoms in total. The monoisotopic (exact) mass is 294 g/mol. The molecule has 0 saturated heterocycles. The van der Waals surface area contributed by atoms with Crippen LogP contribution in [-0.4, -0.2) is 4.98 Å². The summed E-state index contributed by atoms with van der Waals surface area (Å²) < 4.78 is 0. The minimum absolute atomic E-state index is 0.737. The Labute approximate surface area is 129 Å². The number of aryl methyl sites for hydroxylation is 2. The van der Waals surface area contributed by atoms with E-state index >= 15 is 0 Å². The maximum absolute atomic E-state index is 6.00. The summed E-state index contributed by atoms with van der Waals surface area (Å²) in [7, 11) is 0. The first-order valence-electron chi connectivity index (χ1n) is 6.96. The van der Waals surface area contributed by atoms with Crippen molar-refractivity contribution in [2.45, 2.75) is 24.5 Å². The van der Waals surface area contributed by atoms with Gasteiger partial charge in [-0.2, -0.15) is 0 Å². The molecule has 0 saturated carbocycles. The average Bonchev–Trinajstić information content (AvgIpc) is 2.46. The Hall–Kier alpha value is -2.00. The summed E-state index contributed by atoms with van der Waals surface area (Å²) in [4.78, 5) is 5.61. The van der Waals surface area contributed by atoms with Crippen LogP contribution < -0.4 is 5.73 Å². The van der Waals surface area contributed by atoms with Gasteiger partial charge in [0.25, 0.3) is 0 Å². The Balaban J connectivity index is 1.90. The summed E-state index contributed by atoms with van der Waals surface area (Å²) >= 11 is 1.83. The molecule has 1 heterocycles. The molecular formula is C18H18N2S. The summed E-state index contributed by atoms with van der Waals surface area (Å²) in [6, 6.07) is 14.8. The lowest BCUT2D eigenvalue weighted by Gasteiger charge is -2.09. The normalized spacial score (nSPS) is 11.0. The zero-order valence-corrected chi connectivity index (χ0v) is 13.1. The Morgan fingerprint density at radius 3 is 2.57 bits per heavy atom. The molecule has 0 aliphatic heterocycles. The zero-order chi connectivity index (χ0) is 14.8. The molecule has 106 valence electrons. The highest BCUT2D eigenvalue weighted by Gasteiger charge is 2.06. The third kappa shape index (κ3) is 3.03. The Kier molecular flexibility index (Phi) is 3.84. The van der Waals surface area contributed by atoms with Gasteiger partial charge in [-0.05, 0) is 37.6 Å². The van der Waals surface area contributed by atoms with Gasteiger partial charge in [0.1, 0.15) is 0 Å². The number of thioether (sulfide) groups is 1. The SMILES string of the molecule is Cc1cc(C)cc(CSc2ccc(N)c3ncccc23)c1. The first-order valence-corrected chi connectivity index (χ1v) is 7.95. The number of nitrogens with zero attached hydrogens (tertiary/aromatic N) is 1. The second-order valence-electron chi connectivity index (χ2n) is 5.34. The van der Waals surface area contributed by atoms with E-state index in [1.54, 1.807) is 6.20 Å². The van der Waals surface area contributed by atoms with Crippen molar-refractivity contribution >= 4 is 28.4 Å². The van der Waals surface area contributed by atoms with Gasteiger partial charge in [-0.25, -0.2) is 0 Å². The lowest BCUT2D eigenvalue weighted by Crippen LogP contribution is -1.91. The van der Waals surface area contributed by atoms with Gasteiger partial charge in [0.2, 0.25) is 0 Å². The van der Waals surface area contributed by atoms with Gasteiger partial charge in [-0.15, -0.1) is 11.8 Å². The van der Waals surface area contributed by atoms with Crippen molar-refractivity contribution in [3.05, 3.63) is 65.4 Å². The summed E-state index contributed by atoms with van der Waals surface area (Å²) in [5, 5.41) is 1.13. The molecule has 0 amide bonds. The molecule has 2 aromatic carbocycles. The topological polar surface area (TPSA) is 38.9 Å². The third-order valence-electron chi connectivity index (χ3n) is 3.44. The first kappa shape index (κ1) is 14.0. The smallest absolute Gasteiger partial charge is 0.0942 e. The molecule has 0 aliphatic carbocycles. The molecule has 0 atom stereocenters. The maximum Gasteiger partial charge on any atom is 0.0942 e. The number of hydrogen-bond acceptors (Lipinski definition) is 3. The van der Waals surface area contributed by atoms with Crippen molar-refractivity contribution in [1.82, 2.24) is 4.98 Å². The minimum Gasteiger partial charge on any atom is -0.397 e. The number of nitrogens with two attached hydrogens (primary N) is 1. The van der Waals surface area contributed by atoms with Crippen molar-refractivity contribution in [3.8, 4) is 0 Å². The number of hydrogen-bond donors (Lipinski definition) is 1. The van der Waals surface area contributed by atoms with Crippen LogP contribution in [0.25, 0.3) is 10.9 Å². The van der Waals surface area contributed by atoms with Crippen LogP contribution in [-0.2, 0) is 5.75 Å². The molecule has 21 heavy (non-hydrogen) atoms. The van der Waals surface area contributed by atoms with Gasteiger partial charge < -0.3 is 5.73 Å². The third-order valence-corrected chi connectivity index (χ3v) is 4.58. The van der Waals surface area contributed by atoms with Crippen LogP contribution in [0.5, 0.6) is 0 Å². The van der Waals surface area contributed by atoms with E-state index in [1.165, 1.54) is 21.6 Å². The van der Waals surface area contributed by atoms with Gasteiger partial charge in [-0.1, -0.05) is 35.4 Å². The van der Waals surface area contributed by atoms with E-state index in [4.69, 9.17) is 5.73 Å². The Morgan fingerprint density at radius 1 is 1.05 bits per heavy atom. The predicted molar refractivity (Wildman–Crippen MR) is 91.6 cm³/mol. The highest BCUT2D eigenvalue weighted by atomic mass is 32.2. The molecule has 0 unspecified atom stereocenters. The molecule has 1 aromatic heterocycles. The number of nitrogen functional groups attached to an aromatic ring is 1. The molecule has 3 aromatic rings. The summed E-state index contributed by atoms with van der Waals surface area (Å²) in [5.41, 5.74) is 11.6. The highest BCUT2D eigenvalue weighted by Crippen LogP contribution is 2.32. The Bertz CT molecular complexity index is 776. The van der Waals surface area contributed by atoms with Gasteiger partial charge >= 0.3 is 0 Å². The second-order valence-corrected chi connectivity index (χ2v) is 6.35. The highest BCUT2D eigenvalue weighted by molar-refractivity contribution is 7.98. The number of rotatable bonds is 3. The predicted octanol–water partition coefficient (Wildman–Crippen LogP) is 4.73. The summed E-state index contributed by atoms with van der Waals surface area (Å²) in [5.74, 6) is 0.955. The number of aromatic nitrogens is 1. The van der Waals surface area contributed by atoms with Crippen molar-refractivity contribution in [3.63, 3.8) is 0 Å². The number of benzene rings is 2. The van der Waals surface area contributed by atoms with Gasteiger partial charge in [-0.3, -0.25) is 4.98 Å². The molecule has 0 spiro atoms. The second kappa shape index (κ2) is 5.78. The standard InChI is InChI=1S/C18H18N2S/c1-12-8-13(2)10-14(9-12)11-21-17-6-5-16(19)18-15(17)4-3-7-20-18/h3-10H,11,19H2,1-2H3. The van der Waals surface area contributed by atoms with Crippen molar-refractivity contribution in [2.75, 3.05) is 5.73 Å². The van der Waals surface area contributed by atoms with Crippen molar-refractivity contribution < 1.29 is 0 Å². The van der Waals surface area contributed by atoms with Gasteiger partial charge in [0.15, 0.2) is 0 Å². The quantitative estimate of drug-likeness (QED) is 0.561. The number of pyridine rings is 1. The summed E-state index contributed by atoms with van der Waals surface area (Å²) in [6.45, 7) is 4.29. The van der Waals surface area contributed by atoms with Gasteiger partial charge in [0.05, 0.1) is 11.2 Å². The van der Waals surface area contributed by atoms with Crippen molar-refractivity contribution in [2.24, 2.45) is 0 Å². The van der Waals surface area contributed by atoms with Crippen LogP contribution in [0.4, 0.5) is 5.69 Å². The summed E-state index contributed by atoms with van der Waals surface area (Å²) in [6.07, 6.45) is 1.79. The number of anilines is 1. The van der Waals surface area contributed by atoms with E-state index in [0.29, 0.717) is 0 Å². The van der Waals surface area contributed by atoms with Crippen LogP contribution >= 0.6 is 11.8 Å². The molecule has 3 heteroatoms. The average molecular weight is 294 g/mol. The van der Waals surface area contributed by atoms with E-state index < -0.39 is 0 Å². The largest absolute Gasteiger partial charge is 0.397 e. The van der Waals surface area contributed by atoms with E-state index in [0.717, 1.165) is 22.3 Å². The fraction of sp³-hybridized carbons (Fsp3) is 0.167. The number of fused-ring (bicyclic) bond motifs is 1. The fourth-order valence-electron chi connectivity index (χ4n) is 2.61. The van der Waals surface area contributed by atoms with Crippen molar-refractivity contribution in [1.29, 1.82) is 0 Å². The molecule has 3 rings (SSSR count).